The van der Waals surface area contributed by atoms with Gasteiger partial charge in [0.1, 0.15) is 0 Å². The van der Waals surface area contributed by atoms with Crippen LogP contribution in [0.3, 0.4) is 0 Å². The van der Waals surface area contributed by atoms with Gasteiger partial charge >= 0.3 is 0 Å². The minimum Gasteiger partial charge on any atom is -0.398 e. The van der Waals surface area contributed by atoms with Gasteiger partial charge in [-0.2, -0.15) is 0 Å². The zero-order valence-electron chi connectivity index (χ0n) is 12.6. The van der Waals surface area contributed by atoms with Crippen LogP contribution in [0.2, 0.25) is 0 Å². The van der Waals surface area contributed by atoms with Gasteiger partial charge in [0.25, 0.3) is 0 Å². The Morgan fingerprint density at radius 3 is 2.90 bits per heavy atom. The number of pyridine rings is 1. The number of aromatic nitrogens is 1. The normalized spacial score (nSPS) is 11.0. The average molecular weight is 286 g/mol. The zero-order chi connectivity index (χ0) is 15.2. The van der Waals surface area contributed by atoms with E-state index in [2.05, 4.69) is 22.1 Å². The second-order valence-corrected chi connectivity index (χ2v) is 5.10. The monoisotopic (exact) mass is 286 g/mol. The minimum absolute atomic E-state index is 0.0242. The third kappa shape index (κ3) is 3.70. The molecule has 0 saturated carbocycles. The summed E-state index contributed by atoms with van der Waals surface area (Å²) < 4.78 is 0. The molecule has 0 aliphatic carbocycles. The fourth-order valence-electron chi connectivity index (χ4n) is 2.43. The van der Waals surface area contributed by atoms with E-state index in [0.717, 1.165) is 35.1 Å². The van der Waals surface area contributed by atoms with Gasteiger partial charge in [-0.1, -0.05) is 13.0 Å². The summed E-state index contributed by atoms with van der Waals surface area (Å²) in [6.07, 6.45) is 2.77. The van der Waals surface area contributed by atoms with Gasteiger partial charge in [-0.3, -0.25) is 14.7 Å². The van der Waals surface area contributed by atoms with Crippen LogP contribution in [0.25, 0.3) is 10.9 Å². The van der Waals surface area contributed by atoms with Crippen molar-refractivity contribution >= 4 is 22.5 Å². The molecule has 21 heavy (non-hydrogen) atoms. The molecule has 5 nitrogen and oxygen atoms in total. The first kappa shape index (κ1) is 15.3. The first-order chi connectivity index (χ1) is 10.2. The van der Waals surface area contributed by atoms with Crippen LogP contribution in [-0.4, -0.2) is 35.9 Å². The Morgan fingerprint density at radius 2 is 2.19 bits per heavy atom. The van der Waals surface area contributed by atoms with Crippen molar-refractivity contribution in [1.82, 2.24) is 15.2 Å². The second-order valence-electron chi connectivity index (χ2n) is 5.10. The number of anilines is 1. The Labute approximate surface area is 125 Å². The standard InChI is InChI=1S/C16H22N4O/c1-3-9-20(11-15(21)18-2)10-12-6-7-14(17)13-5-4-8-19-16(12)13/h4-8H,3,9-11,17H2,1-2H3,(H,18,21). The molecule has 0 atom stereocenters. The third-order valence-corrected chi connectivity index (χ3v) is 3.47. The van der Waals surface area contributed by atoms with Crippen molar-refractivity contribution in [3.05, 3.63) is 36.0 Å². The van der Waals surface area contributed by atoms with Crippen molar-refractivity contribution in [3.63, 3.8) is 0 Å². The van der Waals surface area contributed by atoms with Gasteiger partial charge in [-0.15, -0.1) is 0 Å². The maximum atomic E-state index is 11.6. The Kier molecular flexibility index (Phi) is 5.11. The molecule has 0 bridgehead atoms. The molecule has 3 N–H and O–H groups in total. The van der Waals surface area contributed by atoms with Crippen LogP contribution in [-0.2, 0) is 11.3 Å². The maximum absolute atomic E-state index is 11.6. The molecule has 0 saturated heterocycles. The molecule has 2 rings (SSSR count). The number of hydrogen-bond acceptors (Lipinski definition) is 4. The van der Waals surface area contributed by atoms with E-state index >= 15 is 0 Å². The fourth-order valence-corrected chi connectivity index (χ4v) is 2.43. The molecule has 0 fully saturated rings. The quantitative estimate of drug-likeness (QED) is 0.794. The molecule has 1 amide bonds. The number of nitrogens with zero attached hydrogens (tertiary/aromatic N) is 2. The maximum Gasteiger partial charge on any atom is 0.233 e. The van der Waals surface area contributed by atoms with Crippen molar-refractivity contribution < 1.29 is 4.79 Å². The lowest BCUT2D eigenvalue weighted by Crippen LogP contribution is -2.35. The number of carbonyl (C=O) groups excluding carboxylic acids is 1. The number of likely N-dealkylation sites (N-methyl/N-ethyl adjacent to an activating group) is 1. The molecular formula is C16H22N4O. The highest BCUT2D eigenvalue weighted by Crippen LogP contribution is 2.23. The van der Waals surface area contributed by atoms with E-state index in [1.165, 1.54) is 0 Å². The van der Waals surface area contributed by atoms with Gasteiger partial charge in [0, 0.05) is 30.9 Å². The predicted molar refractivity (Wildman–Crippen MR) is 85.8 cm³/mol. The predicted octanol–water partition coefficient (Wildman–Crippen LogP) is 1.77. The highest BCUT2D eigenvalue weighted by Gasteiger charge is 2.12. The highest BCUT2D eigenvalue weighted by atomic mass is 16.1. The largest absolute Gasteiger partial charge is 0.398 e. The molecule has 0 aliphatic rings. The Hall–Kier alpha value is -2.14. The lowest BCUT2D eigenvalue weighted by Gasteiger charge is -2.21. The number of benzene rings is 1. The molecule has 0 radical (unpaired) electrons. The average Bonchev–Trinajstić information content (AvgIpc) is 2.50. The summed E-state index contributed by atoms with van der Waals surface area (Å²) in [5, 5.41) is 3.63. The van der Waals surface area contributed by atoms with Crippen molar-refractivity contribution in [2.75, 3.05) is 25.9 Å². The van der Waals surface area contributed by atoms with E-state index in [4.69, 9.17) is 5.73 Å². The van der Waals surface area contributed by atoms with E-state index in [9.17, 15) is 4.79 Å². The molecule has 0 aliphatic heterocycles. The molecule has 1 aromatic heterocycles. The van der Waals surface area contributed by atoms with Gasteiger partial charge in [0.05, 0.1) is 12.1 Å². The van der Waals surface area contributed by atoms with Gasteiger partial charge in [0.15, 0.2) is 0 Å². The molecule has 2 aromatic rings. The van der Waals surface area contributed by atoms with Crippen molar-refractivity contribution in [3.8, 4) is 0 Å². The van der Waals surface area contributed by atoms with Crippen molar-refractivity contribution in [1.29, 1.82) is 0 Å². The Morgan fingerprint density at radius 1 is 1.38 bits per heavy atom. The van der Waals surface area contributed by atoms with Crippen LogP contribution in [0.1, 0.15) is 18.9 Å². The number of nitrogens with two attached hydrogens (primary N) is 1. The van der Waals surface area contributed by atoms with Crippen molar-refractivity contribution in [2.45, 2.75) is 19.9 Å². The van der Waals surface area contributed by atoms with Crippen LogP contribution in [0.4, 0.5) is 5.69 Å². The smallest absolute Gasteiger partial charge is 0.233 e. The number of nitrogen functional groups attached to an aromatic ring is 1. The second kappa shape index (κ2) is 7.04. The van der Waals surface area contributed by atoms with Crippen LogP contribution in [0.15, 0.2) is 30.5 Å². The highest BCUT2D eigenvalue weighted by molar-refractivity contribution is 5.92. The van der Waals surface area contributed by atoms with Gasteiger partial charge < -0.3 is 11.1 Å². The Bertz CT molecular complexity index is 627. The number of nitrogens with one attached hydrogen (secondary N) is 1. The molecule has 112 valence electrons. The molecule has 1 heterocycles. The van der Waals surface area contributed by atoms with Gasteiger partial charge in [0.2, 0.25) is 5.91 Å². The molecule has 0 unspecified atom stereocenters. The van der Waals surface area contributed by atoms with E-state index in [0.29, 0.717) is 13.1 Å². The van der Waals surface area contributed by atoms with Crippen molar-refractivity contribution in [2.24, 2.45) is 0 Å². The van der Waals surface area contributed by atoms with E-state index < -0.39 is 0 Å². The summed E-state index contributed by atoms with van der Waals surface area (Å²) >= 11 is 0. The van der Waals surface area contributed by atoms with Gasteiger partial charge in [-0.05, 0) is 36.7 Å². The number of fused-ring (bicyclic) bond motifs is 1. The third-order valence-electron chi connectivity index (χ3n) is 3.47. The summed E-state index contributed by atoms with van der Waals surface area (Å²) in [6, 6.07) is 7.77. The summed E-state index contributed by atoms with van der Waals surface area (Å²) in [6.45, 7) is 4.06. The fraction of sp³-hybridized carbons (Fsp3) is 0.375. The molecule has 5 heteroatoms. The topological polar surface area (TPSA) is 71.2 Å². The molecular weight excluding hydrogens is 264 g/mol. The Balaban J connectivity index is 2.28. The number of amides is 1. The van der Waals surface area contributed by atoms with Crippen LogP contribution in [0, 0.1) is 0 Å². The number of rotatable bonds is 6. The van der Waals surface area contributed by atoms with E-state index in [1.54, 1.807) is 13.2 Å². The molecule has 0 spiro atoms. The SMILES string of the molecule is CCCN(CC(=O)NC)Cc1ccc(N)c2cccnc12. The summed E-state index contributed by atoms with van der Waals surface area (Å²) in [7, 11) is 1.66. The van der Waals surface area contributed by atoms with Crippen LogP contribution < -0.4 is 11.1 Å². The number of carbonyl (C=O) groups is 1. The first-order valence-corrected chi connectivity index (χ1v) is 7.20. The summed E-state index contributed by atoms with van der Waals surface area (Å²) in [5.41, 5.74) is 8.74. The molecule has 1 aromatic carbocycles. The van der Waals surface area contributed by atoms with E-state index in [-0.39, 0.29) is 5.91 Å². The summed E-state index contributed by atoms with van der Waals surface area (Å²) in [5.74, 6) is 0.0242. The van der Waals surface area contributed by atoms with Gasteiger partial charge in [-0.25, -0.2) is 0 Å². The number of hydrogen-bond donors (Lipinski definition) is 2. The zero-order valence-corrected chi connectivity index (χ0v) is 12.6. The summed E-state index contributed by atoms with van der Waals surface area (Å²) in [4.78, 5) is 18.2. The minimum atomic E-state index is 0.0242. The lowest BCUT2D eigenvalue weighted by molar-refractivity contribution is -0.121. The van der Waals surface area contributed by atoms with E-state index in [1.807, 2.05) is 24.3 Å². The lowest BCUT2D eigenvalue weighted by atomic mass is 10.1. The first-order valence-electron chi connectivity index (χ1n) is 7.20. The van der Waals surface area contributed by atoms with Crippen LogP contribution in [0.5, 0.6) is 0 Å². The van der Waals surface area contributed by atoms with Crippen LogP contribution >= 0.6 is 0 Å².